The summed E-state index contributed by atoms with van der Waals surface area (Å²) in [5, 5.41) is 10.4. The van der Waals surface area contributed by atoms with Crippen molar-refractivity contribution < 1.29 is 0 Å². The van der Waals surface area contributed by atoms with Crippen LogP contribution >= 0.6 is 0 Å². The lowest BCUT2D eigenvalue weighted by Gasteiger charge is -2.35. The van der Waals surface area contributed by atoms with E-state index in [0.29, 0.717) is 0 Å². The lowest BCUT2D eigenvalue weighted by molar-refractivity contribution is 1.13. The summed E-state index contributed by atoms with van der Waals surface area (Å²) in [6.45, 7) is 0. The number of fused-ring (bicyclic) bond motifs is 6. The van der Waals surface area contributed by atoms with Crippen LogP contribution in [0.3, 0.4) is 0 Å². The van der Waals surface area contributed by atoms with Gasteiger partial charge >= 0.3 is 0 Å². The van der Waals surface area contributed by atoms with E-state index >= 15 is 0 Å². The van der Waals surface area contributed by atoms with Gasteiger partial charge in [-0.25, -0.2) is 0 Å². The second-order valence-electron chi connectivity index (χ2n) is 16.4. The summed E-state index contributed by atoms with van der Waals surface area (Å²) in [4.78, 5) is 0. The highest BCUT2D eigenvalue weighted by Crippen LogP contribution is 2.43. The zero-order valence-electron chi connectivity index (χ0n) is 34.6. The third kappa shape index (κ3) is 5.78. The van der Waals surface area contributed by atoms with Gasteiger partial charge in [-0.15, -0.1) is 0 Å². The zero-order chi connectivity index (χ0) is 41.7. The van der Waals surface area contributed by atoms with E-state index < -0.39 is 8.07 Å². The van der Waals surface area contributed by atoms with Crippen LogP contribution in [-0.4, -0.2) is 17.2 Å². The number of para-hydroxylation sites is 3. The van der Waals surface area contributed by atoms with Gasteiger partial charge in [0.15, 0.2) is 8.07 Å². The number of benzene rings is 10. The van der Waals surface area contributed by atoms with Crippen molar-refractivity contribution in [1.82, 2.24) is 9.13 Å². The second kappa shape index (κ2) is 15.2. The zero-order valence-corrected chi connectivity index (χ0v) is 35.6. The summed E-state index contributed by atoms with van der Waals surface area (Å²) in [7, 11) is -2.99. The van der Waals surface area contributed by atoms with Gasteiger partial charge in [0.2, 0.25) is 0 Å². The molecule has 10 aromatic carbocycles. The molecule has 0 saturated heterocycles. The minimum absolute atomic E-state index is 1.12. The number of rotatable bonds is 8. The molecule has 0 aliphatic carbocycles. The summed E-state index contributed by atoms with van der Waals surface area (Å²) in [6, 6.07) is 94.3. The molecule has 2 nitrogen and oxygen atoms in total. The molecule has 0 unspecified atom stereocenters. The number of aromatic nitrogens is 2. The molecule has 0 aliphatic rings. The smallest absolute Gasteiger partial charge is 0.181 e. The first kappa shape index (κ1) is 36.8. The maximum Gasteiger partial charge on any atom is 0.181 e. The molecule has 296 valence electrons. The topological polar surface area (TPSA) is 9.86 Å². The van der Waals surface area contributed by atoms with E-state index in [0.717, 1.165) is 11.4 Å². The maximum atomic E-state index is 2.61. The van der Waals surface area contributed by atoms with Crippen molar-refractivity contribution in [3.05, 3.63) is 255 Å². The van der Waals surface area contributed by atoms with E-state index in [2.05, 4.69) is 264 Å². The van der Waals surface area contributed by atoms with Crippen molar-refractivity contribution in [1.29, 1.82) is 0 Å². The minimum atomic E-state index is -2.99. The van der Waals surface area contributed by atoms with E-state index in [9.17, 15) is 0 Å². The SMILES string of the molecule is c1ccc(-c2ccc(-n3c4cccc(-c5ccccc5)c4c4cccc(-n5c6ccccc6c6cccc([Si](c7ccccc7)(c7ccccc7)c7ccccc7)c65)c43)cc2)cc1. The molecule has 0 amide bonds. The van der Waals surface area contributed by atoms with Crippen LogP contribution in [0.25, 0.3) is 77.2 Å². The standard InChI is InChI=1S/C60H42N2Si/c1-6-21-43(22-7-1)44-39-41-46(42-40-44)61-55-36-18-32-50(45-23-8-2-9-24-45)58(55)53-34-19-37-56(59(53)61)62-54-35-17-16-31-51(54)52-33-20-38-57(60(52)62)63(47-25-10-3-11-26-47,48-27-12-4-13-28-48)49-29-14-5-15-30-49/h1-42H. The van der Waals surface area contributed by atoms with Crippen molar-refractivity contribution in [3.63, 3.8) is 0 Å². The summed E-state index contributed by atoms with van der Waals surface area (Å²) in [5.41, 5.74) is 11.9. The minimum Gasteiger partial charge on any atom is -0.307 e. The summed E-state index contributed by atoms with van der Waals surface area (Å²) < 4.78 is 5.12. The fourth-order valence-electron chi connectivity index (χ4n) is 10.4. The van der Waals surface area contributed by atoms with Crippen LogP contribution in [0.2, 0.25) is 0 Å². The molecule has 12 aromatic rings. The van der Waals surface area contributed by atoms with Crippen LogP contribution in [0.5, 0.6) is 0 Å². The van der Waals surface area contributed by atoms with Gasteiger partial charge in [-0.1, -0.05) is 224 Å². The average Bonchev–Trinajstić information content (AvgIpc) is 3.90. The Kier molecular flexibility index (Phi) is 8.87. The van der Waals surface area contributed by atoms with Crippen LogP contribution in [0, 0.1) is 0 Å². The molecule has 2 aromatic heterocycles. The monoisotopic (exact) mass is 818 g/mol. The Bertz CT molecular complexity index is 3480. The molecule has 63 heavy (non-hydrogen) atoms. The summed E-state index contributed by atoms with van der Waals surface area (Å²) in [5.74, 6) is 0. The normalized spacial score (nSPS) is 11.8. The number of nitrogens with zero attached hydrogens (tertiary/aromatic N) is 2. The van der Waals surface area contributed by atoms with Crippen molar-refractivity contribution >= 4 is 72.4 Å². The predicted octanol–water partition coefficient (Wildman–Crippen LogP) is 12.6. The predicted molar refractivity (Wildman–Crippen MR) is 270 cm³/mol. The fraction of sp³-hybridized carbons (Fsp3) is 0. The van der Waals surface area contributed by atoms with Gasteiger partial charge in [0.25, 0.3) is 0 Å². The first-order valence-electron chi connectivity index (χ1n) is 21.8. The highest BCUT2D eigenvalue weighted by Gasteiger charge is 2.43. The largest absolute Gasteiger partial charge is 0.307 e. The molecule has 3 heteroatoms. The molecule has 2 heterocycles. The Hall–Kier alpha value is -7.98. The Morgan fingerprint density at radius 2 is 0.762 bits per heavy atom. The highest BCUT2D eigenvalue weighted by atomic mass is 28.3. The molecule has 0 spiro atoms. The van der Waals surface area contributed by atoms with Gasteiger partial charge in [0.05, 0.1) is 27.8 Å². The molecule has 0 saturated carbocycles. The van der Waals surface area contributed by atoms with Crippen LogP contribution in [0.4, 0.5) is 0 Å². The van der Waals surface area contributed by atoms with Gasteiger partial charge in [0, 0.05) is 27.2 Å². The van der Waals surface area contributed by atoms with Gasteiger partial charge in [-0.05, 0) is 73.3 Å². The Morgan fingerprint density at radius 3 is 1.40 bits per heavy atom. The van der Waals surface area contributed by atoms with E-state index in [1.807, 2.05) is 0 Å². The van der Waals surface area contributed by atoms with Gasteiger partial charge in [-0.2, -0.15) is 0 Å². The van der Waals surface area contributed by atoms with Crippen molar-refractivity contribution in [3.8, 4) is 33.6 Å². The number of hydrogen-bond acceptors (Lipinski definition) is 0. The fourth-order valence-corrected chi connectivity index (χ4v) is 15.4. The van der Waals surface area contributed by atoms with E-state index in [1.54, 1.807) is 0 Å². The maximum absolute atomic E-state index is 2.99. The molecule has 0 fully saturated rings. The molecule has 0 N–H and O–H groups in total. The van der Waals surface area contributed by atoms with Crippen LogP contribution < -0.4 is 20.7 Å². The Labute approximate surface area is 368 Å². The van der Waals surface area contributed by atoms with Crippen molar-refractivity contribution in [2.45, 2.75) is 0 Å². The van der Waals surface area contributed by atoms with Gasteiger partial charge in [0.1, 0.15) is 0 Å². The van der Waals surface area contributed by atoms with Crippen LogP contribution in [-0.2, 0) is 0 Å². The highest BCUT2D eigenvalue weighted by molar-refractivity contribution is 7.20. The van der Waals surface area contributed by atoms with Crippen molar-refractivity contribution in [2.75, 3.05) is 0 Å². The van der Waals surface area contributed by atoms with Gasteiger partial charge in [-0.3, -0.25) is 0 Å². The van der Waals surface area contributed by atoms with Crippen LogP contribution in [0.15, 0.2) is 255 Å². The lowest BCUT2D eigenvalue weighted by atomic mass is 9.99. The van der Waals surface area contributed by atoms with Crippen LogP contribution in [0.1, 0.15) is 0 Å². The molecular formula is C60H42N2Si. The Morgan fingerprint density at radius 1 is 0.286 bits per heavy atom. The van der Waals surface area contributed by atoms with E-state index in [4.69, 9.17) is 0 Å². The summed E-state index contributed by atoms with van der Waals surface area (Å²) >= 11 is 0. The summed E-state index contributed by atoms with van der Waals surface area (Å²) in [6.07, 6.45) is 0. The number of hydrogen-bond donors (Lipinski definition) is 0. The third-order valence-corrected chi connectivity index (χ3v) is 17.9. The lowest BCUT2D eigenvalue weighted by Crippen LogP contribution is -2.75. The molecule has 0 bridgehead atoms. The third-order valence-electron chi connectivity index (χ3n) is 13.1. The van der Waals surface area contributed by atoms with E-state index in [1.165, 1.54) is 86.6 Å². The molecule has 12 rings (SSSR count). The Balaban J connectivity index is 1.25. The first-order valence-corrected chi connectivity index (χ1v) is 23.8. The molecular weight excluding hydrogens is 777 g/mol. The average molecular weight is 819 g/mol. The van der Waals surface area contributed by atoms with Gasteiger partial charge < -0.3 is 9.13 Å². The van der Waals surface area contributed by atoms with Crippen molar-refractivity contribution in [2.24, 2.45) is 0 Å². The second-order valence-corrected chi connectivity index (χ2v) is 20.2. The quantitative estimate of drug-likeness (QED) is 0.107. The van der Waals surface area contributed by atoms with E-state index in [-0.39, 0.29) is 0 Å². The molecule has 0 radical (unpaired) electrons. The first-order chi connectivity index (χ1) is 31.3. The molecule has 0 aliphatic heterocycles. The molecule has 0 atom stereocenters.